The fourth-order valence-electron chi connectivity index (χ4n) is 4.82. The Morgan fingerprint density at radius 3 is 1.08 bits per heavy atom. The summed E-state index contributed by atoms with van der Waals surface area (Å²) in [5.41, 5.74) is 9.19. The first-order valence-electron chi connectivity index (χ1n) is 13.3. The molecule has 0 saturated carbocycles. The minimum absolute atomic E-state index is 0.304. The summed E-state index contributed by atoms with van der Waals surface area (Å²) in [4.78, 5) is 0. The van der Waals surface area contributed by atoms with Gasteiger partial charge < -0.3 is 0 Å². The van der Waals surface area contributed by atoms with Crippen LogP contribution in [0.4, 0.5) is 0 Å². The molecule has 0 N–H and O–H groups in total. The van der Waals surface area contributed by atoms with Crippen LogP contribution >= 0.6 is 17.2 Å². The normalized spacial score (nSPS) is 11.2. The Morgan fingerprint density at radius 1 is 0.579 bits per heavy atom. The SMILES string of the molecule is Cc1cc(C(C)(C)C)c(C)[cH-]1.Cc1cc(C(C)(C)C)c(C)[cH-]1.[Cl][Hf]([Cl])=[Ge]([c]1ccccc1)[c]1ccccc1. The summed E-state index contributed by atoms with van der Waals surface area (Å²) in [6, 6.07) is 30.2. The average Bonchev–Trinajstić information content (AvgIpc) is 3.35. The minimum atomic E-state index is -2.35. The van der Waals surface area contributed by atoms with Crippen LogP contribution in [0.25, 0.3) is 0 Å². The number of halogens is 2. The first kappa shape index (κ1) is 33.3. The summed E-state index contributed by atoms with van der Waals surface area (Å²) in [5, 5.41) is 0. The van der Waals surface area contributed by atoms with E-state index in [1.54, 1.807) is 0 Å². The fraction of sp³-hybridized carbons (Fsp3) is 0.353. The second kappa shape index (κ2) is 14.7. The van der Waals surface area contributed by atoms with Gasteiger partial charge in [0.25, 0.3) is 0 Å². The van der Waals surface area contributed by atoms with Crippen LogP contribution in [0.15, 0.2) is 84.9 Å². The van der Waals surface area contributed by atoms with E-state index < -0.39 is 26.0 Å². The molecule has 204 valence electrons. The molecular weight excluding hydrogens is 730 g/mol. The topological polar surface area (TPSA) is 0 Å². The molecule has 0 aliphatic carbocycles. The summed E-state index contributed by atoms with van der Waals surface area (Å²) < 4.78 is 2.81. The number of hydrogen-bond acceptors (Lipinski definition) is 0. The molecule has 0 saturated heterocycles. The molecule has 4 rings (SSSR count). The summed E-state index contributed by atoms with van der Waals surface area (Å²) >= 11 is -2.35. The van der Waals surface area contributed by atoms with E-state index in [9.17, 15) is 0 Å². The summed E-state index contributed by atoms with van der Waals surface area (Å²) in [6.07, 6.45) is 0. The molecule has 0 amide bonds. The second-order valence-electron chi connectivity index (χ2n) is 12.1. The van der Waals surface area contributed by atoms with E-state index in [1.165, 1.54) is 42.2 Å². The quantitative estimate of drug-likeness (QED) is 0.141. The molecule has 0 heterocycles. The average molecular weight is 775 g/mol. The van der Waals surface area contributed by atoms with Gasteiger partial charge in [0.1, 0.15) is 0 Å². The molecule has 38 heavy (non-hydrogen) atoms. The van der Waals surface area contributed by atoms with Crippen LogP contribution in [0.2, 0.25) is 0 Å². The van der Waals surface area contributed by atoms with E-state index in [2.05, 4.69) is 142 Å². The fourth-order valence-corrected chi connectivity index (χ4v) is 41.6. The summed E-state index contributed by atoms with van der Waals surface area (Å²) in [6.45, 7) is 22.2. The van der Waals surface area contributed by atoms with Gasteiger partial charge in [-0.3, -0.25) is 0 Å². The Labute approximate surface area is 248 Å². The number of hydrogen-bond donors (Lipinski definition) is 0. The van der Waals surface area contributed by atoms with Gasteiger partial charge in [0.2, 0.25) is 0 Å². The van der Waals surface area contributed by atoms with Crippen molar-refractivity contribution in [3.05, 3.63) is 118 Å². The van der Waals surface area contributed by atoms with Crippen molar-refractivity contribution in [2.45, 2.75) is 80.1 Å². The summed E-state index contributed by atoms with van der Waals surface area (Å²) in [5.74, 6) is 0. The van der Waals surface area contributed by atoms with Crippen LogP contribution in [-0.4, -0.2) is 10.1 Å². The van der Waals surface area contributed by atoms with E-state index in [-0.39, 0.29) is 0 Å². The van der Waals surface area contributed by atoms with Crippen molar-refractivity contribution >= 4 is 36.0 Å². The Balaban J connectivity index is 0.000000206. The molecule has 0 bridgehead atoms. The van der Waals surface area contributed by atoms with E-state index in [0.29, 0.717) is 10.8 Å². The van der Waals surface area contributed by atoms with Gasteiger partial charge in [-0.1, -0.05) is 80.1 Å². The van der Waals surface area contributed by atoms with Crippen molar-refractivity contribution in [2.24, 2.45) is 0 Å². The number of aryl methyl sites for hydroxylation is 4. The molecule has 4 heteroatoms. The van der Waals surface area contributed by atoms with Gasteiger partial charge >= 0.3 is 113 Å². The van der Waals surface area contributed by atoms with Crippen molar-refractivity contribution in [1.29, 1.82) is 0 Å². The Kier molecular flexibility index (Phi) is 12.9. The molecule has 0 unspecified atom stereocenters. The summed E-state index contributed by atoms with van der Waals surface area (Å²) in [7, 11) is 11.1. The van der Waals surface area contributed by atoms with Crippen LogP contribution < -0.4 is 8.79 Å². The zero-order chi connectivity index (χ0) is 28.7. The van der Waals surface area contributed by atoms with Gasteiger partial charge in [-0.2, -0.15) is 45.5 Å². The van der Waals surface area contributed by atoms with Crippen LogP contribution in [0.1, 0.15) is 74.9 Å². The van der Waals surface area contributed by atoms with Crippen molar-refractivity contribution in [3.8, 4) is 0 Å². The van der Waals surface area contributed by atoms with Gasteiger partial charge in [0, 0.05) is 0 Å². The third-order valence-corrected chi connectivity index (χ3v) is 44.9. The van der Waals surface area contributed by atoms with Crippen molar-refractivity contribution < 1.29 is 16.0 Å². The number of benzene rings is 2. The molecule has 4 aromatic carbocycles. The van der Waals surface area contributed by atoms with E-state index >= 15 is 0 Å². The maximum absolute atomic E-state index is 6.37. The second-order valence-corrected chi connectivity index (χ2v) is 54.6. The van der Waals surface area contributed by atoms with Crippen LogP contribution in [-0.2, 0) is 26.8 Å². The monoisotopic (exact) mass is 776 g/mol. The van der Waals surface area contributed by atoms with E-state index in [0.717, 1.165) is 0 Å². The first-order chi connectivity index (χ1) is 17.6. The van der Waals surface area contributed by atoms with Gasteiger partial charge in [0.15, 0.2) is 0 Å². The molecule has 0 aromatic heterocycles. The number of rotatable bonds is 2. The molecule has 0 radical (unpaired) electrons. The van der Waals surface area contributed by atoms with Crippen molar-refractivity contribution in [3.63, 3.8) is 0 Å². The third-order valence-electron chi connectivity index (χ3n) is 6.41. The zero-order valence-electron chi connectivity index (χ0n) is 24.8. The van der Waals surface area contributed by atoms with Crippen LogP contribution in [0.3, 0.4) is 0 Å². The molecule has 0 nitrogen and oxygen atoms in total. The third kappa shape index (κ3) is 10.3. The van der Waals surface area contributed by atoms with Gasteiger partial charge in [-0.25, -0.2) is 12.1 Å². The van der Waals surface area contributed by atoms with Crippen molar-refractivity contribution in [1.82, 2.24) is 0 Å². The Bertz CT molecular complexity index is 1210. The van der Waals surface area contributed by atoms with Gasteiger partial charge in [0.05, 0.1) is 0 Å². The van der Waals surface area contributed by atoms with Crippen molar-refractivity contribution in [2.75, 3.05) is 0 Å². The van der Waals surface area contributed by atoms with Gasteiger partial charge in [-0.15, -0.1) is 0 Å². The molecule has 4 aromatic rings. The molecular formula is C34H44Cl2GeHf-2. The molecule has 0 aliphatic rings. The predicted octanol–water partition coefficient (Wildman–Crippen LogP) is 9.36. The maximum atomic E-state index is 6.37. The van der Waals surface area contributed by atoms with Gasteiger partial charge in [-0.05, 0) is 0 Å². The standard InChI is InChI=1S/C12H10Ge.2C11H17.2ClH.Hf/c1-3-7-11(8-4-1)13-12-9-5-2-6-10-12;2*1-8-6-9(2)10(7-8)11(3,4)5;;;/h1-10H;2*6-7H,1-5H3;2*1H;/q;2*-1;;;+2/p-2. The predicted molar refractivity (Wildman–Crippen MR) is 170 cm³/mol. The van der Waals surface area contributed by atoms with E-state index in [1.807, 2.05) is 12.1 Å². The zero-order valence-corrected chi connectivity index (χ0v) is 32.0. The van der Waals surface area contributed by atoms with Crippen LogP contribution in [0, 0.1) is 27.7 Å². The van der Waals surface area contributed by atoms with E-state index in [4.69, 9.17) is 17.2 Å². The van der Waals surface area contributed by atoms with Crippen LogP contribution in [0.5, 0.6) is 0 Å². The first-order valence-corrected chi connectivity index (χ1v) is 34.6. The molecule has 0 spiro atoms. The Morgan fingerprint density at radius 2 is 0.895 bits per heavy atom. The molecule has 0 atom stereocenters. The molecule has 0 fully saturated rings. The Hall–Kier alpha value is -0.867. The molecule has 0 aliphatic heterocycles.